The predicted molar refractivity (Wildman–Crippen MR) is 126 cm³/mol. The van der Waals surface area contributed by atoms with Crippen molar-refractivity contribution in [2.45, 2.75) is 39.3 Å². The number of alkyl halides is 3. The van der Waals surface area contributed by atoms with Crippen LogP contribution in [0.25, 0.3) is 11.1 Å². The fourth-order valence-corrected chi connectivity index (χ4v) is 4.05. The minimum Gasteiger partial charge on any atom is -0.406 e. The predicted octanol–water partition coefficient (Wildman–Crippen LogP) is 5.22. The molecule has 0 unspecified atom stereocenters. The molecule has 3 aromatic rings. The number of rotatable bonds is 5. The van der Waals surface area contributed by atoms with Gasteiger partial charge in [0.2, 0.25) is 0 Å². The van der Waals surface area contributed by atoms with Gasteiger partial charge in [-0.2, -0.15) is 0 Å². The Morgan fingerprint density at radius 2 is 1.74 bits per heavy atom. The third kappa shape index (κ3) is 6.07. The Morgan fingerprint density at radius 3 is 2.34 bits per heavy atom. The third-order valence-corrected chi connectivity index (χ3v) is 5.62. The number of pyridine rings is 2. The van der Waals surface area contributed by atoms with E-state index in [-0.39, 0.29) is 23.9 Å². The molecular formula is C25H25F3N4O3. The lowest BCUT2D eigenvalue weighted by atomic mass is 10.0. The zero-order chi connectivity index (χ0) is 25.2. The summed E-state index contributed by atoms with van der Waals surface area (Å²) in [5.74, 6) is 0.123. The second-order valence-electron chi connectivity index (χ2n) is 8.45. The average molecular weight is 486 g/mol. The molecule has 2 aromatic heterocycles. The summed E-state index contributed by atoms with van der Waals surface area (Å²) in [5.41, 5.74) is 2.91. The van der Waals surface area contributed by atoms with Crippen LogP contribution >= 0.6 is 0 Å². The van der Waals surface area contributed by atoms with Crippen molar-refractivity contribution < 1.29 is 27.4 Å². The second kappa shape index (κ2) is 9.91. The van der Waals surface area contributed by atoms with Crippen molar-refractivity contribution in [3.63, 3.8) is 0 Å². The van der Waals surface area contributed by atoms with Gasteiger partial charge in [0, 0.05) is 31.0 Å². The molecule has 0 bridgehead atoms. The van der Waals surface area contributed by atoms with Crippen LogP contribution in [-0.4, -0.2) is 47.5 Å². The number of benzene rings is 1. The van der Waals surface area contributed by atoms with Crippen molar-refractivity contribution in [2.24, 2.45) is 0 Å². The second-order valence-corrected chi connectivity index (χ2v) is 8.45. The quantitative estimate of drug-likeness (QED) is 0.533. The number of aromatic nitrogens is 2. The highest BCUT2D eigenvalue weighted by molar-refractivity contribution is 6.04. The Morgan fingerprint density at radius 1 is 1.06 bits per heavy atom. The first-order valence-electron chi connectivity index (χ1n) is 11.1. The molecule has 1 aliphatic rings. The van der Waals surface area contributed by atoms with Crippen LogP contribution in [0.2, 0.25) is 0 Å². The van der Waals surface area contributed by atoms with Crippen molar-refractivity contribution in [3.05, 3.63) is 66.1 Å². The van der Waals surface area contributed by atoms with Gasteiger partial charge in [0.25, 0.3) is 5.91 Å². The molecule has 184 valence electrons. The SMILES string of the molecule is Cc1c(NC(=O)c2ccc(N3C[C@@H](C)O[C@@H](C)C3)nc2)cncc1-c1ccc(OC(F)(F)F)cc1. The van der Waals surface area contributed by atoms with Crippen LogP contribution in [0, 0.1) is 6.92 Å². The van der Waals surface area contributed by atoms with Gasteiger partial charge >= 0.3 is 6.36 Å². The van der Waals surface area contributed by atoms with Gasteiger partial charge in [-0.1, -0.05) is 12.1 Å². The molecule has 1 aliphatic heterocycles. The maximum absolute atomic E-state index is 12.8. The summed E-state index contributed by atoms with van der Waals surface area (Å²) in [5, 5.41) is 2.84. The standard InChI is InChI=1S/C25H25F3N4O3/c1-15-13-32(14-16(2)34-15)23-9-6-19(10-30-23)24(33)31-22-12-29-11-21(17(22)3)18-4-7-20(8-5-18)35-25(26,27)28/h4-12,15-16H,13-14H2,1-3H3,(H,31,33)/t15-,16+. The number of amides is 1. The van der Waals surface area contributed by atoms with E-state index in [2.05, 4.69) is 24.9 Å². The molecule has 1 amide bonds. The lowest BCUT2D eigenvalue weighted by molar-refractivity contribution is -0.274. The Balaban J connectivity index is 1.47. The zero-order valence-electron chi connectivity index (χ0n) is 19.5. The molecule has 1 aromatic carbocycles. The molecule has 7 nitrogen and oxygen atoms in total. The Labute approximate surface area is 200 Å². The maximum Gasteiger partial charge on any atom is 0.573 e. The van der Waals surface area contributed by atoms with Crippen molar-refractivity contribution in [2.75, 3.05) is 23.3 Å². The minimum atomic E-state index is -4.75. The number of ether oxygens (including phenoxy) is 2. The highest BCUT2D eigenvalue weighted by Crippen LogP contribution is 2.30. The summed E-state index contributed by atoms with van der Waals surface area (Å²) < 4.78 is 46.9. The number of morpholine rings is 1. The van der Waals surface area contributed by atoms with Crippen LogP contribution < -0.4 is 15.0 Å². The van der Waals surface area contributed by atoms with Crippen molar-refractivity contribution >= 4 is 17.4 Å². The van der Waals surface area contributed by atoms with Gasteiger partial charge in [-0.15, -0.1) is 13.2 Å². The van der Waals surface area contributed by atoms with E-state index in [4.69, 9.17) is 4.74 Å². The van der Waals surface area contributed by atoms with E-state index in [1.54, 1.807) is 19.2 Å². The van der Waals surface area contributed by atoms with Gasteiger partial charge in [-0.05, 0) is 56.2 Å². The summed E-state index contributed by atoms with van der Waals surface area (Å²) in [6.07, 6.45) is 0.0809. The number of carbonyl (C=O) groups is 1. The number of nitrogens with zero attached hydrogens (tertiary/aromatic N) is 3. The summed E-state index contributed by atoms with van der Waals surface area (Å²) >= 11 is 0. The van der Waals surface area contributed by atoms with Crippen LogP contribution in [0.5, 0.6) is 5.75 Å². The molecule has 1 saturated heterocycles. The molecule has 0 saturated carbocycles. The van der Waals surface area contributed by atoms with Crippen molar-refractivity contribution in [3.8, 4) is 16.9 Å². The topological polar surface area (TPSA) is 76.6 Å². The fourth-order valence-electron chi connectivity index (χ4n) is 4.05. The number of hydrogen-bond donors (Lipinski definition) is 1. The first kappa shape index (κ1) is 24.5. The van der Waals surface area contributed by atoms with Crippen LogP contribution in [0.1, 0.15) is 29.8 Å². The number of nitrogens with one attached hydrogen (secondary N) is 1. The highest BCUT2D eigenvalue weighted by atomic mass is 19.4. The van der Waals surface area contributed by atoms with Crippen molar-refractivity contribution in [1.29, 1.82) is 0 Å². The Hall–Kier alpha value is -3.66. The maximum atomic E-state index is 12.8. The van der Waals surface area contributed by atoms with Gasteiger partial charge in [0.05, 0.1) is 29.7 Å². The molecule has 0 radical (unpaired) electrons. The van der Waals surface area contributed by atoms with Crippen LogP contribution in [0.15, 0.2) is 55.0 Å². The van der Waals surface area contributed by atoms with Gasteiger partial charge < -0.3 is 19.7 Å². The Kier molecular flexibility index (Phi) is 6.93. The monoisotopic (exact) mass is 486 g/mol. The molecule has 35 heavy (non-hydrogen) atoms. The first-order chi connectivity index (χ1) is 16.6. The van der Waals surface area contributed by atoms with Crippen molar-refractivity contribution in [1.82, 2.24) is 9.97 Å². The van der Waals surface area contributed by atoms with Crippen LogP contribution in [-0.2, 0) is 4.74 Å². The summed E-state index contributed by atoms with van der Waals surface area (Å²) in [7, 11) is 0. The first-order valence-corrected chi connectivity index (χ1v) is 11.1. The van der Waals surface area contributed by atoms with Crippen LogP contribution in [0.4, 0.5) is 24.7 Å². The van der Waals surface area contributed by atoms with E-state index in [1.165, 1.54) is 36.7 Å². The normalized spacial score (nSPS) is 18.3. The average Bonchev–Trinajstić information content (AvgIpc) is 2.79. The molecule has 0 aliphatic carbocycles. The number of hydrogen-bond acceptors (Lipinski definition) is 6. The van der Waals surface area contributed by atoms with E-state index >= 15 is 0 Å². The third-order valence-electron chi connectivity index (χ3n) is 5.62. The lowest BCUT2D eigenvalue weighted by Gasteiger charge is -2.36. The molecule has 10 heteroatoms. The molecular weight excluding hydrogens is 461 g/mol. The molecule has 2 atom stereocenters. The van der Waals surface area contributed by atoms with Gasteiger partial charge in [0.15, 0.2) is 0 Å². The Bertz CT molecular complexity index is 1170. The molecule has 0 spiro atoms. The molecule has 4 rings (SSSR count). The van der Waals surface area contributed by atoms with Gasteiger partial charge in [-0.25, -0.2) is 4.98 Å². The van der Waals surface area contributed by atoms with E-state index < -0.39 is 6.36 Å². The van der Waals surface area contributed by atoms with E-state index in [9.17, 15) is 18.0 Å². The molecule has 3 heterocycles. The van der Waals surface area contributed by atoms with Gasteiger partial charge in [-0.3, -0.25) is 9.78 Å². The van der Waals surface area contributed by atoms with Crippen LogP contribution in [0.3, 0.4) is 0 Å². The smallest absolute Gasteiger partial charge is 0.406 e. The largest absolute Gasteiger partial charge is 0.573 e. The van der Waals surface area contributed by atoms with E-state index in [0.29, 0.717) is 22.4 Å². The highest BCUT2D eigenvalue weighted by Gasteiger charge is 2.31. The summed E-state index contributed by atoms with van der Waals surface area (Å²) in [4.78, 5) is 23.6. The lowest BCUT2D eigenvalue weighted by Crippen LogP contribution is -2.45. The fraction of sp³-hybridized carbons (Fsp3) is 0.320. The minimum absolute atomic E-state index is 0.0969. The number of carbonyl (C=O) groups excluding carboxylic acids is 1. The van der Waals surface area contributed by atoms with Gasteiger partial charge in [0.1, 0.15) is 11.6 Å². The molecule has 1 N–H and O–H groups in total. The number of anilines is 2. The summed E-state index contributed by atoms with van der Waals surface area (Å²) in [6.45, 7) is 7.28. The summed E-state index contributed by atoms with van der Waals surface area (Å²) in [6, 6.07) is 9.01. The van der Waals surface area contributed by atoms with E-state index in [0.717, 1.165) is 24.5 Å². The number of halogens is 3. The van der Waals surface area contributed by atoms with E-state index in [1.807, 2.05) is 19.9 Å². The molecule has 1 fully saturated rings. The zero-order valence-corrected chi connectivity index (χ0v) is 19.5.